The Bertz CT molecular complexity index is 1210. The predicted octanol–water partition coefficient (Wildman–Crippen LogP) is 3.61. The molecule has 5 rings (SSSR count). The highest BCUT2D eigenvalue weighted by Crippen LogP contribution is 2.25. The van der Waals surface area contributed by atoms with Crippen LogP contribution >= 0.6 is 0 Å². The van der Waals surface area contributed by atoms with Gasteiger partial charge in [-0.15, -0.1) is 0 Å². The van der Waals surface area contributed by atoms with E-state index in [1.54, 1.807) is 24.3 Å². The number of halogens is 3. The van der Waals surface area contributed by atoms with E-state index in [-0.39, 0.29) is 17.9 Å². The second-order valence-corrected chi connectivity index (χ2v) is 6.87. The van der Waals surface area contributed by atoms with Gasteiger partial charge in [0.25, 0.3) is 0 Å². The molecule has 3 aliphatic rings. The Morgan fingerprint density at radius 3 is 1.66 bits per heavy atom. The third-order valence-electron chi connectivity index (χ3n) is 4.62. The van der Waals surface area contributed by atoms with E-state index in [1.807, 2.05) is 36.4 Å². The number of hydrogen-bond donors (Lipinski definition) is 0. The third-order valence-corrected chi connectivity index (χ3v) is 4.62. The smallest absolute Gasteiger partial charge is 0.425 e. The number of aliphatic imine (C=N–C) groups is 6. The molecule has 3 heterocycles. The molecule has 32 heavy (non-hydrogen) atoms. The molecule has 2 aromatic rings. The van der Waals surface area contributed by atoms with Crippen molar-refractivity contribution in [3.63, 3.8) is 0 Å². The van der Waals surface area contributed by atoms with Gasteiger partial charge in [0, 0.05) is 11.1 Å². The maximum absolute atomic E-state index is 13.0. The van der Waals surface area contributed by atoms with Crippen molar-refractivity contribution in [3.8, 4) is 0 Å². The minimum Gasteiger partial charge on any atom is -0.451 e. The second-order valence-electron chi connectivity index (χ2n) is 6.87. The van der Waals surface area contributed by atoms with E-state index in [0.29, 0.717) is 22.8 Å². The van der Waals surface area contributed by atoms with Crippen LogP contribution in [0.15, 0.2) is 90.6 Å². The summed E-state index contributed by atoms with van der Waals surface area (Å²) in [6.07, 6.45) is -6.69. The minimum atomic E-state index is -4.58. The zero-order valence-corrected chi connectivity index (χ0v) is 16.5. The van der Waals surface area contributed by atoms with Gasteiger partial charge in [-0.2, -0.15) is 43.1 Å². The first-order valence-electron chi connectivity index (χ1n) is 9.55. The molecule has 0 aromatic heterocycles. The number of ether oxygens (including phenoxy) is 1. The molecule has 0 aliphatic carbocycles. The predicted molar refractivity (Wildman–Crippen MR) is 114 cm³/mol. The average Bonchev–Trinajstić information content (AvgIpc) is 2.79. The third kappa shape index (κ3) is 3.68. The van der Waals surface area contributed by atoms with E-state index in [1.165, 1.54) is 4.90 Å². The van der Waals surface area contributed by atoms with Crippen LogP contribution in [-0.2, 0) is 4.74 Å². The summed E-state index contributed by atoms with van der Waals surface area (Å²) in [5, 5.41) is 0. The van der Waals surface area contributed by atoms with Crippen molar-refractivity contribution in [1.29, 1.82) is 0 Å². The lowest BCUT2D eigenvalue weighted by molar-refractivity contribution is -0.193. The van der Waals surface area contributed by atoms with Gasteiger partial charge >= 0.3 is 12.2 Å². The Morgan fingerprint density at radius 1 is 0.688 bits per heavy atom. The molecule has 160 valence electrons. The van der Waals surface area contributed by atoms with Crippen molar-refractivity contribution in [1.82, 2.24) is 4.90 Å². The standard InChI is InChI=1S/C21H14F3N7O/c1-12(21(22,23)24)32-20-29-18-27-15(13-8-4-2-5-9-13)25-17-26-16(14-10-6-3-7-11-14)28-19(30-20)31(17)18/h2-12H,1H3. The van der Waals surface area contributed by atoms with Gasteiger partial charge < -0.3 is 4.74 Å². The zero-order valence-electron chi connectivity index (χ0n) is 16.5. The number of alkyl halides is 3. The van der Waals surface area contributed by atoms with E-state index in [0.717, 1.165) is 6.92 Å². The minimum absolute atomic E-state index is 0.0165. The summed E-state index contributed by atoms with van der Waals surface area (Å²) in [6.45, 7) is 0.876. The molecule has 1 unspecified atom stereocenters. The Labute approximate surface area is 179 Å². The Hall–Kier alpha value is -4.15. The molecule has 0 spiro atoms. The number of guanidine groups is 3. The summed E-state index contributed by atoms with van der Waals surface area (Å²) in [4.78, 5) is 27.3. The van der Waals surface area contributed by atoms with Gasteiger partial charge in [0.15, 0.2) is 17.8 Å². The summed E-state index contributed by atoms with van der Waals surface area (Å²) in [6, 6.07) is 17.7. The van der Waals surface area contributed by atoms with Crippen LogP contribution in [0.4, 0.5) is 13.2 Å². The lowest BCUT2D eigenvalue weighted by atomic mass is 10.2. The number of amidine groups is 3. The van der Waals surface area contributed by atoms with E-state index in [9.17, 15) is 13.2 Å². The molecule has 8 nitrogen and oxygen atoms in total. The van der Waals surface area contributed by atoms with Gasteiger partial charge in [-0.3, -0.25) is 0 Å². The van der Waals surface area contributed by atoms with Crippen LogP contribution in [0.1, 0.15) is 18.1 Å². The summed E-state index contributed by atoms with van der Waals surface area (Å²) in [5.41, 5.74) is 1.38. The number of hydrogen-bond acceptors (Lipinski definition) is 8. The largest absolute Gasteiger partial charge is 0.451 e. The Balaban J connectivity index is 1.63. The summed E-state index contributed by atoms with van der Waals surface area (Å²) >= 11 is 0. The van der Waals surface area contributed by atoms with Crippen molar-refractivity contribution >= 4 is 35.6 Å². The van der Waals surface area contributed by atoms with Crippen molar-refractivity contribution in [2.75, 3.05) is 0 Å². The van der Waals surface area contributed by atoms with Crippen LogP contribution in [0.25, 0.3) is 0 Å². The van der Waals surface area contributed by atoms with E-state index in [4.69, 9.17) is 4.74 Å². The van der Waals surface area contributed by atoms with Gasteiger partial charge in [0.05, 0.1) is 0 Å². The van der Waals surface area contributed by atoms with E-state index >= 15 is 0 Å². The maximum Gasteiger partial charge on any atom is 0.425 e. The van der Waals surface area contributed by atoms with Gasteiger partial charge in [-0.1, -0.05) is 60.7 Å². The average molecular weight is 437 g/mol. The van der Waals surface area contributed by atoms with Crippen LogP contribution in [0, 0.1) is 0 Å². The second kappa shape index (κ2) is 7.52. The van der Waals surface area contributed by atoms with Gasteiger partial charge in [-0.25, -0.2) is 4.90 Å². The fourth-order valence-corrected chi connectivity index (χ4v) is 2.98. The van der Waals surface area contributed by atoms with Gasteiger partial charge in [0.2, 0.25) is 17.9 Å². The number of nitrogens with zero attached hydrogens (tertiary/aromatic N) is 7. The van der Waals surface area contributed by atoms with Crippen molar-refractivity contribution in [3.05, 3.63) is 71.8 Å². The maximum atomic E-state index is 13.0. The number of rotatable bonds is 3. The van der Waals surface area contributed by atoms with Gasteiger partial charge in [-0.05, 0) is 6.92 Å². The Kier molecular flexibility index (Phi) is 4.65. The first-order valence-corrected chi connectivity index (χ1v) is 9.55. The SMILES string of the molecule is CC(OC1=NC2=NC(c3ccccc3)=NC3=NC(c4ccccc4)=NC(=N1)N23)C(F)(F)F. The molecule has 0 N–H and O–H groups in total. The van der Waals surface area contributed by atoms with Crippen LogP contribution in [0.2, 0.25) is 0 Å². The van der Waals surface area contributed by atoms with Crippen LogP contribution in [0.3, 0.4) is 0 Å². The monoisotopic (exact) mass is 437 g/mol. The first-order chi connectivity index (χ1) is 15.4. The molecule has 0 saturated heterocycles. The molecule has 1 atom stereocenters. The highest BCUT2D eigenvalue weighted by Gasteiger charge is 2.41. The van der Waals surface area contributed by atoms with Crippen molar-refractivity contribution < 1.29 is 17.9 Å². The van der Waals surface area contributed by atoms with Crippen molar-refractivity contribution in [2.45, 2.75) is 19.2 Å². The molecule has 2 aromatic carbocycles. The lowest BCUT2D eigenvalue weighted by Gasteiger charge is -2.30. The molecule has 3 aliphatic heterocycles. The molecule has 0 radical (unpaired) electrons. The highest BCUT2D eigenvalue weighted by molar-refractivity contribution is 6.32. The van der Waals surface area contributed by atoms with E-state index in [2.05, 4.69) is 30.0 Å². The quantitative estimate of drug-likeness (QED) is 0.735. The van der Waals surface area contributed by atoms with Crippen LogP contribution in [-0.4, -0.2) is 52.8 Å². The number of benzene rings is 2. The lowest BCUT2D eigenvalue weighted by Crippen LogP contribution is -2.48. The van der Waals surface area contributed by atoms with Crippen LogP contribution in [0.5, 0.6) is 0 Å². The molecule has 0 bridgehead atoms. The van der Waals surface area contributed by atoms with E-state index < -0.39 is 18.3 Å². The fourth-order valence-electron chi connectivity index (χ4n) is 2.98. The summed E-state index contributed by atoms with van der Waals surface area (Å²) in [5.74, 6) is 0.843. The molecule has 11 heteroatoms. The molecule has 0 amide bonds. The van der Waals surface area contributed by atoms with Crippen LogP contribution < -0.4 is 0 Å². The molecule has 0 fully saturated rings. The van der Waals surface area contributed by atoms with Gasteiger partial charge in [0.1, 0.15) is 0 Å². The normalized spacial score (nSPS) is 18.3. The van der Waals surface area contributed by atoms with Crippen molar-refractivity contribution in [2.24, 2.45) is 30.0 Å². The fraction of sp³-hybridized carbons (Fsp3) is 0.143. The zero-order chi connectivity index (χ0) is 22.3. The Morgan fingerprint density at radius 2 is 1.16 bits per heavy atom. The topological polar surface area (TPSA) is 86.6 Å². The summed E-state index contributed by atoms with van der Waals surface area (Å²) < 4.78 is 44.0. The molecular weight excluding hydrogens is 423 g/mol. The molecular formula is C21H14F3N7O. The molecule has 0 saturated carbocycles. The highest BCUT2D eigenvalue weighted by atomic mass is 19.4. The summed E-state index contributed by atoms with van der Waals surface area (Å²) in [7, 11) is 0. The first kappa shape index (κ1) is 19.8.